The number of aryl methyl sites for hydroxylation is 1. The summed E-state index contributed by atoms with van der Waals surface area (Å²) in [6.07, 6.45) is 1.65. The molecule has 0 saturated carbocycles. The van der Waals surface area contributed by atoms with Crippen LogP contribution in [-0.4, -0.2) is 34.7 Å². The Labute approximate surface area is 182 Å². The van der Waals surface area contributed by atoms with Gasteiger partial charge in [-0.15, -0.1) is 17.9 Å². The second-order valence-electron chi connectivity index (χ2n) is 7.10. The van der Waals surface area contributed by atoms with Gasteiger partial charge in [0.2, 0.25) is 5.91 Å². The zero-order valence-corrected chi connectivity index (χ0v) is 18.0. The summed E-state index contributed by atoms with van der Waals surface area (Å²) in [7, 11) is 0. The minimum Gasteiger partial charge on any atom is -0.332 e. The normalized spacial score (nSPS) is 10.4. The lowest BCUT2D eigenvalue weighted by atomic mass is 10.2. The zero-order chi connectivity index (χ0) is 21.3. The van der Waals surface area contributed by atoms with Crippen LogP contribution in [0.15, 0.2) is 84.8 Å². The van der Waals surface area contributed by atoms with E-state index >= 15 is 0 Å². The smallest absolute Gasteiger partial charge is 0.254 e. The third-order valence-electron chi connectivity index (χ3n) is 4.86. The number of carbonyl (C=O) groups excluding carboxylic acids is 2. The highest BCUT2D eigenvalue weighted by Gasteiger charge is 2.22. The number of hydrogen-bond donors (Lipinski definition) is 0. The summed E-state index contributed by atoms with van der Waals surface area (Å²) in [4.78, 5) is 30.8. The third-order valence-corrected chi connectivity index (χ3v) is 5.86. The second-order valence-corrected chi connectivity index (χ2v) is 8.10. The molecule has 0 aliphatic heterocycles. The van der Waals surface area contributed by atoms with E-state index in [1.54, 1.807) is 34.4 Å². The first kappa shape index (κ1) is 21.5. The number of benzene rings is 2. The monoisotopic (exact) mass is 418 g/mol. The lowest BCUT2D eigenvalue weighted by Gasteiger charge is -2.27. The van der Waals surface area contributed by atoms with Crippen molar-refractivity contribution in [2.45, 2.75) is 20.0 Å². The Morgan fingerprint density at radius 3 is 2.20 bits per heavy atom. The van der Waals surface area contributed by atoms with Crippen molar-refractivity contribution in [3.05, 3.63) is 106 Å². The Morgan fingerprint density at radius 1 is 0.933 bits per heavy atom. The number of rotatable bonds is 9. The van der Waals surface area contributed by atoms with Crippen LogP contribution in [0.25, 0.3) is 0 Å². The fourth-order valence-corrected chi connectivity index (χ4v) is 4.10. The van der Waals surface area contributed by atoms with Crippen molar-refractivity contribution < 1.29 is 9.59 Å². The van der Waals surface area contributed by atoms with Gasteiger partial charge < -0.3 is 9.80 Å². The molecule has 3 rings (SSSR count). The van der Waals surface area contributed by atoms with Crippen molar-refractivity contribution in [1.29, 1.82) is 0 Å². The highest BCUT2D eigenvalue weighted by atomic mass is 32.1. The molecule has 2 aromatic carbocycles. The summed E-state index contributed by atoms with van der Waals surface area (Å²) in [5.41, 5.74) is 2.80. The van der Waals surface area contributed by atoms with Crippen LogP contribution in [0.4, 0.5) is 0 Å². The highest BCUT2D eigenvalue weighted by molar-refractivity contribution is 7.10. The van der Waals surface area contributed by atoms with Crippen molar-refractivity contribution in [2.75, 3.05) is 13.1 Å². The van der Waals surface area contributed by atoms with Gasteiger partial charge in [0.15, 0.2) is 0 Å². The molecule has 0 aliphatic rings. The topological polar surface area (TPSA) is 40.6 Å². The number of carbonyl (C=O) groups is 2. The first-order valence-corrected chi connectivity index (χ1v) is 10.8. The molecule has 0 aliphatic carbocycles. The molecule has 0 spiro atoms. The Balaban J connectivity index is 1.80. The predicted molar refractivity (Wildman–Crippen MR) is 122 cm³/mol. The molecule has 30 heavy (non-hydrogen) atoms. The fourth-order valence-electron chi connectivity index (χ4n) is 3.18. The maximum Gasteiger partial charge on any atom is 0.254 e. The zero-order valence-electron chi connectivity index (χ0n) is 17.2. The van der Waals surface area contributed by atoms with Gasteiger partial charge in [0, 0.05) is 23.5 Å². The van der Waals surface area contributed by atoms with Gasteiger partial charge in [0.05, 0.1) is 6.54 Å². The maximum atomic E-state index is 13.3. The van der Waals surface area contributed by atoms with Crippen LogP contribution in [0.1, 0.15) is 26.4 Å². The van der Waals surface area contributed by atoms with Gasteiger partial charge in [-0.05, 0) is 41.6 Å². The van der Waals surface area contributed by atoms with Crippen LogP contribution in [0, 0.1) is 6.92 Å². The standard InChI is InChI=1S/C25H26N2O2S/c1-3-15-26(25(29)22-12-8-5-9-13-22)19-24(28)27(17-21-10-6-4-7-11-21)18-23-20(2)14-16-30-23/h3-14,16H,1,15,17-19H2,2H3. The third kappa shape index (κ3) is 5.67. The summed E-state index contributed by atoms with van der Waals surface area (Å²) in [5, 5.41) is 2.04. The van der Waals surface area contributed by atoms with Gasteiger partial charge in [-0.2, -0.15) is 0 Å². The molecule has 0 atom stereocenters. The van der Waals surface area contributed by atoms with E-state index in [1.165, 1.54) is 5.56 Å². The molecule has 1 heterocycles. The molecule has 0 bridgehead atoms. The van der Waals surface area contributed by atoms with Crippen LogP contribution in [-0.2, 0) is 17.9 Å². The van der Waals surface area contributed by atoms with Crippen LogP contribution in [0.3, 0.4) is 0 Å². The summed E-state index contributed by atoms with van der Waals surface area (Å²) in [6, 6.07) is 21.0. The Hall–Kier alpha value is -3.18. The first-order valence-electron chi connectivity index (χ1n) is 9.88. The van der Waals surface area contributed by atoms with Crippen molar-refractivity contribution >= 4 is 23.2 Å². The molecule has 3 aromatic rings. The van der Waals surface area contributed by atoms with E-state index in [0.29, 0.717) is 25.2 Å². The van der Waals surface area contributed by atoms with E-state index in [9.17, 15) is 9.59 Å². The molecule has 0 N–H and O–H groups in total. The van der Waals surface area contributed by atoms with Crippen molar-refractivity contribution in [3.63, 3.8) is 0 Å². The minimum atomic E-state index is -0.171. The van der Waals surface area contributed by atoms with Crippen molar-refractivity contribution in [3.8, 4) is 0 Å². The van der Waals surface area contributed by atoms with Crippen molar-refractivity contribution in [2.24, 2.45) is 0 Å². The van der Waals surface area contributed by atoms with E-state index in [-0.39, 0.29) is 18.4 Å². The van der Waals surface area contributed by atoms with Gasteiger partial charge in [0.25, 0.3) is 5.91 Å². The van der Waals surface area contributed by atoms with Crippen LogP contribution in [0.2, 0.25) is 0 Å². The van der Waals surface area contributed by atoms with Crippen LogP contribution < -0.4 is 0 Å². The molecule has 5 heteroatoms. The second kappa shape index (κ2) is 10.6. The lowest BCUT2D eigenvalue weighted by Crippen LogP contribution is -2.42. The van der Waals surface area contributed by atoms with Crippen LogP contribution in [0.5, 0.6) is 0 Å². The molecule has 0 unspecified atom stereocenters. The quantitative estimate of drug-likeness (QED) is 0.463. The summed E-state index contributed by atoms with van der Waals surface area (Å²) in [5.74, 6) is -0.256. The molecular formula is C25H26N2O2S. The van der Waals surface area contributed by atoms with E-state index in [2.05, 4.69) is 19.6 Å². The van der Waals surface area contributed by atoms with Gasteiger partial charge >= 0.3 is 0 Å². The van der Waals surface area contributed by atoms with E-state index in [4.69, 9.17) is 0 Å². The molecule has 154 valence electrons. The number of thiophene rings is 1. The minimum absolute atomic E-state index is 0.0109. The van der Waals surface area contributed by atoms with E-state index < -0.39 is 0 Å². The molecule has 0 radical (unpaired) electrons. The Morgan fingerprint density at radius 2 is 1.60 bits per heavy atom. The Kier molecular flexibility index (Phi) is 7.57. The number of nitrogens with zero attached hydrogens (tertiary/aromatic N) is 2. The SMILES string of the molecule is C=CCN(CC(=O)N(Cc1ccccc1)Cc1sccc1C)C(=O)c1ccccc1. The van der Waals surface area contributed by atoms with E-state index in [1.807, 2.05) is 58.8 Å². The van der Waals surface area contributed by atoms with Crippen LogP contribution >= 0.6 is 11.3 Å². The lowest BCUT2D eigenvalue weighted by molar-refractivity contribution is -0.133. The molecule has 4 nitrogen and oxygen atoms in total. The maximum absolute atomic E-state index is 13.3. The molecule has 1 aromatic heterocycles. The fraction of sp³-hybridized carbons (Fsp3) is 0.200. The van der Waals surface area contributed by atoms with E-state index in [0.717, 1.165) is 10.4 Å². The highest BCUT2D eigenvalue weighted by Crippen LogP contribution is 2.20. The predicted octanol–water partition coefficient (Wildman–Crippen LogP) is 4.91. The summed E-state index contributed by atoms with van der Waals surface area (Å²) < 4.78 is 0. The van der Waals surface area contributed by atoms with Gasteiger partial charge in [0.1, 0.15) is 6.54 Å². The average molecular weight is 419 g/mol. The number of hydrogen-bond acceptors (Lipinski definition) is 3. The molecule has 2 amide bonds. The average Bonchev–Trinajstić information content (AvgIpc) is 3.18. The first-order chi connectivity index (χ1) is 14.6. The van der Waals surface area contributed by atoms with Gasteiger partial charge in [-0.1, -0.05) is 54.6 Å². The Bertz CT molecular complexity index is 983. The van der Waals surface area contributed by atoms with Gasteiger partial charge in [-0.3, -0.25) is 9.59 Å². The molecule has 0 fully saturated rings. The summed E-state index contributed by atoms with van der Waals surface area (Å²) >= 11 is 1.65. The summed E-state index contributed by atoms with van der Waals surface area (Å²) in [6.45, 7) is 7.16. The molecule has 0 saturated heterocycles. The molecular weight excluding hydrogens is 392 g/mol. The van der Waals surface area contributed by atoms with Crippen molar-refractivity contribution in [1.82, 2.24) is 9.80 Å². The number of amides is 2. The largest absolute Gasteiger partial charge is 0.332 e. The van der Waals surface area contributed by atoms with Gasteiger partial charge in [-0.25, -0.2) is 0 Å².